The first-order valence-corrected chi connectivity index (χ1v) is 6.84. The Kier molecular flexibility index (Phi) is 4.61. The van der Waals surface area contributed by atoms with Gasteiger partial charge in [-0.3, -0.25) is 0 Å². The third-order valence-corrected chi connectivity index (χ3v) is 3.87. The van der Waals surface area contributed by atoms with Crippen LogP contribution in [-0.4, -0.2) is 26.2 Å². The number of nitrogens with one attached hydrogen (secondary N) is 1. The van der Waals surface area contributed by atoms with Crippen LogP contribution < -0.4 is 15.8 Å². The van der Waals surface area contributed by atoms with Gasteiger partial charge in [-0.2, -0.15) is 0 Å². The van der Waals surface area contributed by atoms with Crippen molar-refractivity contribution in [2.75, 3.05) is 20.2 Å². The maximum Gasteiger partial charge on any atom is 0.122 e. The number of piperidine rings is 1. The summed E-state index contributed by atoms with van der Waals surface area (Å²) in [5, 5.41) is 3.60. The fourth-order valence-electron chi connectivity index (χ4n) is 2.87. The Morgan fingerprint density at radius 1 is 1.44 bits per heavy atom. The maximum atomic E-state index is 6.01. The van der Waals surface area contributed by atoms with Crippen molar-refractivity contribution in [3.8, 4) is 5.75 Å². The molecule has 1 aliphatic rings. The van der Waals surface area contributed by atoms with Crippen molar-refractivity contribution >= 4 is 0 Å². The summed E-state index contributed by atoms with van der Waals surface area (Å²) < 4.78 is 5.49. The molecule has 0 radical (unpaired) electrons. The summed E-state index contributed by atoms with van der Waals surface area (Å²) in [6.07, 6.45) is 3.78. The molecule has 1 aromatic carbocycles. The summed E-state index contributed by atoms with van der Waals surface area (Å²) in [5.74, 6) is 1.31. The van der Waals surface area contributed by atoms with Gasteiger partial charge in [-0.05, 0) is 32.4 Å². The molecule has 1 heterocycles. The molecular formula is C15H24N2O. The van der Waals surface area contributed by atoms with Gasteiger partial charge in [0.15, 0.2) is 0 Å². The monoisotopic (exact) mass is 248 g/mol. The molecule has 0 spiro atoms. The normalized spacial score (nSPS) is 21.6. The Balaban J connectivity index is 2.27. The SMILES string of the molecule is COc1ccc(C)cc1C(CN)C1CCCCN1. The van der Waals surface area contributed by atoms with Gasteiger partial charge in [-0.15, -0.1) is 0 Å². The van der Waals surface area contributed by atoms with E-state index in [1.54, 1.807) is 7.11 Å². The van der Waals surface area contributed by atoms with E-state index in [0.717, 1.165) is 12.3 Å². The minimum atomic E-state index is 0.347. The van der Waals surface area contributed by atoms with E-state index in [0.29, 0.717) is 18.5 Å². The van der Waals surface area contributed by atoms with Crippen molar-refractivity contribution in [2.24, 2.45) is 5.73 Å². The molecule has 100 valence electrons. The Hall–Kier alpha value is -1.06. The lowest BCUT2D eigenvalue weighted by atomic mass is 9.85. The number of benzene rings is 1. The number of hydrogen-bond donors (Lipinski definition) is 2. The molecule has 3 heteroatoms. The summed E-state index contributed by atoms with van der Waals surface area (Å²) in [4.78, 5) is 0. The molecule has 2 atom stereocenters. The summed E-state index contributed by atoms with van der Waals surface area (Å²) in [6.45, 7) is 3.89. The molecule has 0 saturated carbocycles. The average Bonchev–Trinajstić information content (AvgIpc) is 2.41. The van der Waals surface area contributed by atoms with E-state index in [4.69, 9.17) is 10.5 Å². The zero-order valence-electron chi connectivity index (χ0n) is 11.4. The van der Waals surface area contributed by atoms with Gasteiger partial charge >= 0.3 is 0 Å². The highest BCUT2D eigenvalue weighted by Crippen LogP contribution is 2.32. The first kappa shape index (κ1) is 13.4. The van der Waals surface area contributed by atoms with Gasteiger partial charge < -0.3 is 15.8 Å². The van der Waals surface area contributed by atoms with Crippen LogP contribution in [0.15, 0.2) is 18.2 Å². The van der Waals surface area contributed by atoms with Crippen LogP contribution in [0, 0.1) is 6.92 Å². The van der Waals surface area contributed by atoms with Crippen LogP contribution in [0.2, 0.25) is 0 Å². The topological polar surface area (TPSA) is 47.3 Å². The minimum Gasteiger partial charge on any atom is -0.496 e. The zero-order chi connectivity index (χ0) is 13.0. The Bertz CT molecular complexity index is 386. The molecule has 0 aromatic heterocycles. The Labute approximate surface area is 110 Å². The molecule has 0 bridgehead atoms. The standard InChI is InChI=1S/C15H24N2O/c1-11-6-7-15(18-2)12(9-11)13(10-16)14-5-3-4-8-17-14/h6-7,9,13-14,17H,3-5,8,10,16H2,1-2H3. The van der Waals surface area contributed by atoms with E-state index in [-0.39, 0.29) is 0 Å². The van der Waals surface area contributed by atoms with Crippen LogP contribution in [0.1, 0.15) is 36.3 Å². The van der Waals surface area contributed by atoms with Gasteiger partial charge in [0.05, 0.1) is 7.11 Å². The van der Waals surface area contributed by atoms with Crippen molar-refractivity contribution in [1.82, 2.24) is 5.32 Å². The van der Waals surface area contributed by atoms with Gasteiger partial charge in [0.25, 0.3) is 0 Å². The first-order valence-electron chi connectivity index (χ1n) is 6.84. The highest BCUT2D eigenvalue weighted by Gasteiger charge is 2.25. The minimum absolute atomic E-state index is 0.347. The van der Waals surface area contributed by atoms with E-state index < -0.39 is 0 Å². The third-order valence-electron chi connectivity index (χ3n) is 3.87. The second kappa shape index (κ2) is 6.21. The lowest BCUT2D eigenvalue weighted by Gasteiger charge is -2.32. The largest absolute Gasteiger partial charge is 0.496 e. The second-order valence-electron chi connectivity index (χ2n) is 5.14. The molecule has 18 heavy (non-hydrogen) atoms. The van der Waals surface area contributed by atoms with Gasteiger partial charge in [-0.25, -0.2) is 0 Å². The number of hydrogen-bond acceptors (Lipinski definition) is 3. The van der Waals surface area contributed by atoms with Crippen molar-refractivity contribution < 1.29 is 4.74 Å². The number of aryl methyl sites for hydroxylation is 1. The molecular weight excluding hydrogens is 224 g/mol. The molecule has 2 unspecified atom stereocenters. The van der Waals surface area contributed by atoms with E-state index in [1.165, 1.54) is 30.4 Å². The van der Waals surface area contributed by atoms with Gasteiger partial charge in [-0.1, -0.05) is 24.1 Å². The van der Waals surface area contributed by atoms with Crippen LogP contribution in [0.4, 0.5) is 0 Å². The van der Waals surface area contributed by atoms with Gasteiger partial charge in [0.2, 0.25) is 0 Å². The van der Waals surface area contributed by atoms with Crippen LogP contribution in [0.25, 0.3) is 0 Å². The van der Waals surface area contributed by atoms with Gasteiger partial charge in [0, 0.05) is 24.1 Å². The zero-order valence-corrected chi connectivity index (χ0v) is 11.4. The number of rotatable bonds is 4. The molecule has 1 saturated heterocycles. The molecule has 0 aliphatic carbocycles. The number of ether oxygens (including phenoxy) is 1. The summed E-state index contributed by atoms with van der Waals surface area (Å²) in [7, 11) is 1.73. The summed E-state index contributed by atoms with van der Waals surface area (Å²) in [6, 6.07) is 6.84. The third kappa shape index (κ3) is 2.85. The van der Waals surface area contributed by atoms with Crippen LogP contribution >= 0.6 is 0 Å². The summed E-state index contributed by atoms with van der Waals surface area (Å²) in [5.41, 5.74) is 8.53. The highest BCUT2D eigenvalue weighted by atomic mass is 16.5. The molecule has 1 aliphatic heterocycles. The Morgan fingerprint density at radius 2 is 2.28 bits per heavy atom. The molecule has 1 aromatic rings. The summed E-state index contributed by atoms with van der Waals surface area (Å²) >= 11 is 0. The van der Waals surface area contributed by atoms with Crippen molar-refractivity contribution in [2.45, 2.75) is 38.1 Å². The smallest absolute Gasteiger partial charge is 0.122 e. The average molecular weight is 248 g/mol. The number of nitrogens with two attached hydrogens (primary N) is 1. The van der Waals surface area contributed by atoms with E-state index in [1.807, 2.05) is 0 Å². The second-order valence-corrected chi connectivity index (χ2v) is 5.14. The van der Waals surface area contributed by atoms with Crippen LogP contribution in [0.3, 0.4) is 0 Å². The molecule has 3 N–H and O–H groups in total. The Morgan fingerprint density at radius 3 is 2.89 bits per heavy atom. The predicted octanol–water partition coefficient (Wildman–Crippen LogP) is 2.19. The van der Waals surface area contributed by atoms with E-state index in [9.17, 15) is 0 Å². The van der Waals surface area contributed by atoms with Gasteiger partial charge in [0.1, 0.15) is 5.75 Å². The fraction of sp³-hybridized carbons (Fsp3) is 0.600. The van der Waals surface area contributed by atoms with Crippen molar-refractivity contribution in [3.05, 3.63) is 29.3 Å². The number of methoxy groups -OCH3 is 1. The molecule has 0 amide bonds. The van der Waals surface area contributed by atoms with Crippen molar-refractivity contribution in [3.63, 3.8) is 0 Å². The quantitative estimate of drug-likeness (QED) is 0.858. The lowest BCUT2D eigenvalue weighted by Crippen LogP contribution is -2.41. The van der Waals surface area contributed by atoms with E-state index in [2.05, 4.69) is 30.4 Å². The molecule has 1 fully saturated rings. The van der Waals surface area contributed by atoms with Crippen LogP contribution in [-0.2, 0) is 0 Å². The molecule has 2 rings (SSSR count). The maximum absolute atomic E-state index is 6.01. The van der Waals surface area contributed by atoms with E-state index >= 15 is 0 Å². The highest BCUT2D eigenvalue weighted by molar-refractivity contribution is 5.40. The fourth-order valence-corrected chi connectivity index (χ4v) is 2.87. The predicted molar refractivity (Wildman–Crippen MR) is 75.2 cm³/mol. The van der Waals surface area contributed by atoms with Crippen molar-refractivity contribution in [1.29, 1.82) is 0 Å². The first-order chi connectivity index (χ1) is 8.76. The van der Waals surface area contributed by atoms with Crippen LogP contribution in [0.5, 0.6) is 5.75 Å². The lowest BCUT2D eigenvalue weighted by molar-refractivity contribution is 0.341. The molecule has 3 nitrogen and oxygen atoms in total.